The van der Waals surface area contributed by atoms with E-state index in [1.165, 1.54) is 0 Å². The van der Waals surface area contributed by atoms with E-state index < -0.39 is 0 Å². The Kier molecular flexibility index (Phi) is 2.95. The minimum absolute atomic E-state index is 0.140. The number of aryl methyl sites for hydroxylation is 1. The molecule has 3 heteroatoms. The van der Waals surface area contributed by atoms with E-state index in [2.05, 4.69) is 4.98 Å². The number of aromatic nitrogens is 1. The van der Waals surface area contributed by atoms with E-state index >= 15 is 0 Å². The van der Waals surface area contributed by atoms with Gasteiger partial charge in [0.05, 0.1) is 5.56 Å². The zero-order chi connectivity index (χ0) is 16.0. The number of carbonyl (C=O) groups excluding carboxylic acids is 2. The molecule has 0 spiro atoms. The largest absolute Gasteiger partial charge is 0.288 e. The van der Waals surface area contributed by atoms with Gasteiger partial charge in [-0.25, -0.2) is 0 Å². The maximum atomic E-state index is 12.9. The summed E-state index contributed by atoms with van der Waals surface area (Å²) in [4.78, 5) is 29.8. The van der Waals surface area contributed by atoms with Crippen LogP contribution < -0.4 is 0 Å². The van der Waals surface area contributed by atoms with Gasteiger partial charge < -0.3 is 0 Å². The SMILES string of the molecule is Cc1ccc(-c2ccnc3c2C(=O)c2ccccc2C3=O)cc1. The van der Waals surface area contributed by atoms with Crippen molar-refractivity contribution in [2.24, 2.45) is 0 Å². The summed E-state index contributed by atoms with van der Waals surface area (Å²) in [5, 5.41) is 0. The van der Waals surface area contributed by atoms with Gasteiger partial charge in [-0.15, -0.1) is 0 Å². The molecule has 0 radical (unpaired) electrons. The van der Waals surface area contributed by atoms with Gasteiger partial charge in [0.1, 0.15) is 5.69 Å². The van der Waals surface area contributed by atoms with Crippen molar-refractivity contribution < 1.29 is 9.59 Å². The van der Waals surface area contributed by atoms with E-state index in [4.69, 9.17) is 0 Å². The van der Waals surface area contributed by atoms with Crippen molar-refractivity contribution >= 4 is 11.6 Å². The first-order chi connectivity index (χ1) is 11.2. The first-order valence-corrected chi connectivity index (χ1v) is 7.41. The molecule has 1 aliphatic rings. The fourth-order valence-electron chi connectivity index (χ4n) is 2.98. The van der Waals surface area contributed by atoms with E-state index in [1.807, 2.05) is 31.2 Å². The Hall–Kier alpha value is -3.07. The number of rotatable bonds is 1. The number of hydrogen-bond donors (Lipinski definition) is 0. The standard InChI is InChI=1S/C20H13NO2/c1-12-6-8-13(9-7-12)14-10-11-21-18-17(14)19(22)15-4-2-3-5-16(15)20(18)23/h2-11H,1H3. The van der Waals surface area contributed by atoms with Gasteiger partial charge in [-0.05, 0) is 24.1 Å². The molecule has 1 aromatic heterocycles. The van der Waals surface area contributed by atoms with E-state index in [0.717, 1.165) is 16.7 Å². The Balaban J connectivity index is 1.99. The molecule has 0 bridgehead atoms. The molecular formula is C20H13NO2. The third kappa shape index (κ3) is 2.01. The molecule has 0 amide bonds. The molecule has 2 aromatic carbocycles. The minimum atomic E-state index is -0.191. The number of nitrogens with zero attached hydrogens (tertiary/aromatic N) is 1. The topological polar surface area (TPSA) is 47.0 Å². The Morgan fingerprint density at radius 1 is 0.739 bits per heavy atom. The molecular weight excluding hydrogens is 286 g/mol. The molecule has 3 nitrogen and oxygen atoms in total. The highest BCUT2D eigenvalue weighted by Crippen LogP contribution is 2.33. The quantitative estimate of drug-likeness (QED) is 0.536. The van der Waals surface area contributed by atoms with Crippen molar-refractivity contribution in [2.75, 3.05) is 0 Å². The Morgan fingerprint density at radius 3 is 2.09 bits per heavy atom. The van der Waals surface area contributed by atoms with Crippen LogP contribution >= 0.6 is 0 Å². The van der Waals surface area contributed by atoms with Gasteiger partial charge >= 0.3 is 0 Å². The van der Waals surface area contributed by atoms with Crippen molar-refractivity contribution in [3.05, 3.63) is 88.7 Å². The van der Waals surface area contributed by atoms with Gasteiger partial charge in [-0.3, -0.25) is 14.6 Å². The maximum Gasteiger partial charge on any atom is 0.212 e. The van der Waals surface area contributed by atoms with E-state index in [9.17, 15) is 9.59 Å². The number of fused-ring (bicyclic) bond motifs is 2. The first kappa shape index (κ1) is 13.6. The van der Waals surface area contributed by atoms with Crippen LogP contribution in [0.3, 0.4) is 0 Å². The number of pyridine rings is 1. The Morgan fingerprint density at radius 2 is 1.39 bits per heavy atom. The minimum Gasteiger partial charge on any atom is -0.288 e. The second-order valence-electron chi connectivity index (χ2n) is 5.65. The second-order valence-corrected chi connectivity index (χ2v) is 5.65. The summed E-state index contributed by atoms with van der Waals surface area (Å²) < 4.78 is 0. The third-order valence-electron chi connectivity index (χ3n) is 4.17. The molecule has 3 aromatic rings. The zero-order valence-corrected chi connectivity index (χ0v) is 12.5. The molecule has 1 heterocycles. The van der Waals surface area contributed by atoms with E-state index in [1.54, 1.807) is 36.5 Å². The van der Waals surface area contributed by atoms with Crippen molar-refractivity contribution in [2.45, 2.75) is 6.92 Å². The van der Waals surface area contributed by atoms with Crippen LogP contribution in [-0.4, -0.2) is 16.6 Å². The average Bonchev–Trinajstić information content (AvgIpc) is 2.60. The maximum absolute atomic E-state index is 12.9. The van der Waals surface area contributed by atoms with Crippen molar-refractivity contribution in [3.8, 4) is 11.1 Å². The number of ketones is 2. The van der Waals surface area contributed by atoms with Crippen LogP contribution in [0.1, 0.15) is 37.5 Å². The van der Waals surface area contributed by atoms with Crippen LogP contribution in [0, 0.1) is 6.92 Å². The van der Waals surface area contributed by atoms with E-state index in [-0.39, 0.29) is 17.3 Å². The van der Waals surface area contributed by atoms with Crippen LogP contribution in [0.2, 0.25) is 0 Å². The molecule has 0 aliphatic heterocycles. The lowest BCUT2D eigenvalue weighted by Gasteiger charge is -2.19. The summed E-state index contributed by atoms with van der Waals surface area (Å²) in [5.41, 5.74) is 4.33. The molecule has 0 N–H and O–H groups in total. The van der Waals surface area contributed by atoms with Gasteiger partial charge in [-0.2, -0.15) is 0 Å². The predicted octanol–water partition coefficient (Wildman–Crippen LogP) is 3.83. The molecule has 4 rings (SSSR count). The van der Waals surface area contributed by atoms with Gasteiger partial charge in [0, 0.05) is 17.3 Å². The van der Waals surface area contributed by atoms with Gasteiger partial charge in [0.2, 0.25) is 5.78 Å². The third-order valence-corrected chi connectivity index (χ3v) is 4.17. The summed E-state index contributed by atoms with van der Waals surface area (Å²) in [6.07, 6.45) is 1.59. The van der Waals surface area contributed by atoms with Crippen LogP contribution in [-0.2, 0) is 0 Å². The summed E-state index contributed by atoms with van der Waals surface area (Å²) in [6.45, 7) is 2.01. The van der Waals surface area contributed by atoms with Crippen LogP contribution in [0.25, 0.3) is 11.1 Å². The lowest BCUT2D eigenvalue weighted by Crippen LogP contribution is -2.23. The molecule has 0 unspecified atom stereocenters. The summed E-state index contributed by atoms with van der Waals surface area (Å²) in [6, 6.07) is 16.6. The highest BCUT2D eigenvalue weighted by atomic mass is 16.1. The van der Waals surface area contributed by atoms with E-state index in [0.29, 0.717) is 16.7 Å². The second kappa shape index (κ2) is 4.99. The first-order valence-electron chi connectivity index (χ1n) is 7.41. The Bertz CT molecular complexity index is 956. The predicted molar refractivity (Wildman–Crippen MR) is 87.7 cm³/mol. The van der Waals surface area contributed by atoms with Crippen LogP contribution in [0.5, 0.6) is 0 Å². The van der Waals surface area contributed by atoms with Crippen molar-refractivity contribution in [3.63, 3.8) is 0 Å². The van der Waals surface area contributed by atoms with Crippen molar-refractivity contribution in [1.29, 1.82) is 0 Å². The zero-order valence-electron chi connectivity index (χ0n) is 12.5. The van der Waals surface area contributed by atoms with Gasteiger partial charge in [0.25, 0.3) is 0 Å². The lowest BCUT2D eigenvalue weighted by atomic mass is 9.83. The highest BCUT2D eigenvalue weighted by molar-refractivity contribution is 6.29. The number of benzene rings is 2. The van der Waals surface area contributed by atoms with Crippen molar-refractivity contribution in [1.82, 2.24) is 4.98 Å². The lowest BCUT2D eigenvalue weighted by molar-refractivity contribution is 0.0976. The Labute approximate surface area is 133 Å². The smallest absolute Gasteiger partial charge is 0.212 e. The average molecular weight is 299 g/mol. The molecule has 0 fully saturated rings. The fraction of sp³-hybridized carbons (Fsp3) is 0.0500. The summed E-state index contributed by atoms with van der Waals surface area (Å²) in [7, 11) is 0. The summed E-state index contributed by atoms with van der Waals surface area (Å²) in [5.74, 6) is -0.331. The summed E-state index contributed by atoms with van der Waals surface area (Å²) >= 11 is 0. The van der Waals surface area contributed by atoms with Gasteiger partial charge in [0.15, 0.2) is 5.78 Å². The molecule has 0 atom stereocenters. The molecule has 23 heavy (non-hydrogen) atoms. The number of hydrogen-bond acceptors (Lipinski definition) is 3. The highest BCUT2D eigenvalue weighted by Gasteiger charge is 2.32. The fourth-order valence-corrected chi connectivity index (χ4v) is 2.98. The molecule has 0 saturated heterocycles. The molecule has 0 saturated carbocycles. The monoisotopic (exact) mass is 299 g/mol. The number of carbonyl (C=O) groups is 2. The normalized spacial score (nSPS) is 12.7. The molecule has 110 valence electrons. The molecule has 1 aliphatic carbocycles. The van der Waals surface area contributed by atoms with Gasteiger partial charge in [-0.1, -0.05) is 54.1 Å². The van der Waals surface area contributed by atoms with Crippen LogP contribution in [0.4, 0.5) is 0 Å². The van der Waals surface area contributed by atoms with Crippen LogP contribution in [0.15, 0.2) is 60.8 Å².